The molecule has 0 bridgehead atoms. The normalized spacial score (nSPS) is 11.1. The molecule has 0 saturated carbocycles. The largest absolute Gasteiger partial charge is 0.370 e. The number of nitrogens with one attached hydrogen (secondary N) is 2. The van der Waals surface area contributed by atoms with Gasteiger partial charge in [-0.25, -0.2) is 12.7 Å². The Morgan fingerprint density at radius 1 is 0.966 bits per heavy atom. The van der Waals surface area contributed by atoms with Crippen LogP contribution in [0, 0.1) is 0 Å². The number of rotatable bonds is 8. The number of hydrogen-bond acceptors (Lipinski definition) is 5. The Morgan fingerprint density at radius 3 is 2.17 bits per heavy atom. The molecule has 9 nitrogen and oxygen atoms in total. The molecule has 2 aromatic carbocycles. The Labute approximate surface area is 168 Å². The predicted octanol–water partition coefficient (Wildman–Crippen LogP) is 0.794. The second kappa shape index (κ2) is 9.30. The van der Waals surface area contributed by atoms with Crippen LogP contribution in [0.4, 0.5) is 5.69 Å². The summed E-state index contributed by atoms with van der Waals surface area (Å²) >= 11 is 0. The van der Waals surface area contributed by atoms with Crippen molar-refractivity contribution in [2.24, 2.45) is 5.73 Å². The standard InChI is InChI=1S/C19H22N4O5S/c1-23(2)29(27,28)14-9-7-13(8-10-14)18(25)22-16-6-4-3-5-15(16)19(26)21-12-11-17(20)24/h3-10H,11-12H2,1-2H3,(H2,20,24)(H,21,26)(H,22,25). The van der Waals surface area contributed by atoms with Gasteiger partial charge < -0.3 is 16.4 Å². The average Bonchev–Trinajstić information content (AvgIpc) is 2.68. The number of sulfonamides is 1. The molecule has 0 aliphatic carbocycles. The van der Waals surface area contributed by atoms with Crippen LogP contribution in [0.25, 0.3) is 0 Å². The summed E-state index contributed by atoms with van der Waals surface area (Å²) in [6.45, 7) is 0.0816. The first kappa shape index (κ1) is 22.1. The third-order valence-corrected chi connectivity index (χ3v) is 5.80. The molecule has 0 heterocycles. The quantitative estimate of drug-likeness (QED) is 0.582. The number of nitrogens with two attached hydrogens (primary N) is 1. The molecule has 10 heteroatoms. The number of hydrogen-bond donors (Lipinski definition) is 3. The lowest BCUT2D eigenvalue weighted by atomic mass is 10.1. The number of para-hydroxylation sites is 1. The first-order chi connectivity index (χ1) is 13.6. The van der Waals surface area contributed by atoms with Crippen LogP contribution in [0.5, 0.6) is 0 Å². The van der Waals surface area contributed by atoms with Crippen molar-refractivity contribution < 1.29 is 22.8 Å². The van der Waals surface area contributed by atoms with Crippen LogP contribution in [0.3, 0.4) is 0 Å². The maximum atomic E-state index is 12.5. The first-order valence-electron chi connectivity index (χ1n) is 8.62. The molecule has 0 saturated heterocycles. The number of nitrogens with zero attached hydrogens (tertiary/aromatic N) is 1. The van der Waals surface area contributed by atoms with Gasteiger partial charge in [-0.2, -0.15) is 0 Å². The van der Waals surface area contributed by atoms with Gasteiger partial charge in [-0.05, 0) is 36.4 Å². The van der Waals surface area contributed by atoms with E-state index < -0.39 is 27.7 Å². The lowest BCUT2D eigenvalue weighted by Gasteiger charge is -2.13. The lowest BCUT2D eigenvalue weighted by Crippen LogP contribution is -2.28. The molecule has 29 heavy (non-hydrogen) atoms. The summed E-state index contributed by atoms with van der Waals surface area (Å²) in [6, 6.07) is 11.8. The van der Waals surface area contributed by atoms with E-state index >= 15 is 0 Å². The molecule has 2 aromatic rings. The van der Waals surface area contributed by atoms with Crippen molar-refractivity contribution in [3.8, 4) is 0 Å². The van der Waals surface area contributed by atoms with Gasteiger partial charge in [-0.3, -0.25) is 14.4 Å². The van der Waals surface area contributed by atoms with Crippen LogP contribution in [0.2, 0.25) is 0 Å². The summed E-state index contributed by atoms with van der Waals surface area (Å²) in [4.78, 5) is 35.7. The van der Waals surface area contributed by atoms with Gasteiger partial charge >= 0.3 is 0 Å². The smallest absolute Gasteiger partial charge is 0.255 e. The first-order valence-corrected chi connectivity index (χ1v) is 10.1. The van der Waals surface area contributed by atoms with Crippen LogP contribution in [-0.2, 0) is 14.8 Å². The van der Waals surface area contributed by atoms with E-state index in [1.165, 1.54) is 44.4 Å². The van der Waals surface area contributed by atoms with Gasteiger partial charge in [0.2, 0.25) is 15.9 Å². The second-order valence-corrected chi connectivity index (χ2v) is 8.44. The lowest BCUT2D eigenvalue weighted by molar-refractivity contribution is -0.117. The van der Waals surface area contributed by atoms with Gasteiger partial charge in [-0.1, -0.05) is 12.1 Å². The van der Waals surface area contributed by atoms with E-state index in [2.05, 4.69) is 10.6 Å². The highest BCUT2D eigenvalue weighted by molar-refractivity contribution is 7.89. The van der Waals surface area contributed by atoms with Gasteiger partial charge in [-0.15, -0.1) is 0 Å². The number of carbonyl (C=O) groups is 3. The predicted molar refractivity (Wildman–Crippen MR) is 108 cm³/mol. The molecule has 4 N–H and O–H groups in total. The summed E-state index contributed by atoms with van der Waals surface area (Å²) in [6.07, 6.45) is 0.00245. The van der Waals surface area contributed by atoms with Crippen LogP contribution >= 0.6 is 0 Å². The Balaban J connectivity index is 2.15. The second-order valence-electron chi connectivity index (χ2n) is 6.28. The minimum Gasteiger partial charge on any atom is -0.370 e. The van der Waals surface area contributed by atoms with Crippen molar-refractivity contribution in [2.75, 3.05) is 26.0 Å². The van der Waals surface area contributed by atoms with Gasteiger partial charge in [0.1, 0.15) is 0 Å². The van der Waals surface area contributed by atoms with E-state index in [1.54, 1.807) is 18.2 Å². The van der Waals surface area contributed by atoms with Crippen molar-refractivity contribution in [2.45, 2.75) is 11.3 Å². The Hall–Kier alpha value is -3.24. The summed E-state index contributed by atoms with van der Waals surface area (Å²) in [5, 5.41) is 5.19. The zero-order valence-electron chi connectivity index (χ0n) is 16.0. The van der Waals surface area contributed by atoms with Crippen LogP contribution in [-0.4, -0.2) is 51.1 Å². The average molecular weight is 418 g/mol. The van der Waals surface area contributed by atoms with Crippen molar-refractivity contribution >= 4 is 33.4 Å². The molecule has 0 fully saturated rings. The fourth-order valence-electron chi connectivity index (χ4n) is 2.37. The van der Waals surface area contributed by atoms with Crippen molar-refractivity contribution in [3.05, 3.63) is 59.7 Å². The highest BCUT2D eigenvalue weighted by Crippen LogP contribution is 2.18. The molecule has 0 atom stereocenters. The maximum absolute atomic E-state index is 12.5. The fraction of sp³-hybridized carbons (Fsp3) is 0.211. The highest BCUT2D eigenvalue weighted by atomic mass is 32.2. The highest BCUT2D eigenvalue weighted by Gasteiger charge is 2.18. The van der Waals surface area contributed by atoms with E-state index in [0.717, 1.165) is 4.31 Å². The van der Waals surface area contributed by atoms with Crippen molar-refractivity contribution in [1.82, 2.24) is 9.62 Å². The number of amides is 3. The summed E-state index contributed by atoms with van der Waals surface area (Å²) in [7, 11) is -0.759. The Morgan fingerprint density at radius 2 is 1.59 bits per heavy atom. The zero-order valence-corrected chi connectivity index (χ0v) is 16.8. The molecule has 0 radical (unpaired) electrons. The maximum Gasteiger partial charge on any atom is 0.255 e. The minimum absolute atomic E-state index is 0.00245. The molecule has 0 aliphatic heterocycles. The van der Waals surface area contributed by atoms with E-state index in [9.17, 15) is 22.8 Å². The van der Waals surface area contributed by atoms with Gasteiger partial charge in [0.05, 0.1) is 16.1 Å². The van der Waals surface area contributed by atoms with Crippen LogP contribution < -0.4 is 16.4 Å². The van der Waals surface area contributed by atoms with Crippen molar-refractivity contribution in [3.63, 3.8) is 0 Å². The molecular formula is C19H22N4O5S. The number of benzene rings is 2. The monoisotopic (exact) mass is 418 g/mol. The third kappa shape index (κ3) is 5.62. The van der Waals surface area contributed by atoms with Gasteiger partial charge in [0, 0.05) is 32.6 Å². The molecule has 0 unspecified atom stereocenters. The van der Waals surface area contributed by atoms with Crippen LogP contribution in [0.15, 0.2) is 53.4 Å². The SMILES string of the molecule is CN(C)S(=O)(=O)c1ccc(C(=O)Nc2ccccc2C(=O)NCCC(N)=O)cc1. The molecule has 0 aliphatic rings. The molecule has 0 aromatic heterocycles. The molecule has 154 valence electrons. The fourth-order valence-corrected chi connectivity index (χ4v) is 3.27. The zero-order chi connectivity index (χ0) is 21.6. The van der Waals surface area contributed by atoms with Gasteiger partial charge in [0.15, 0.2) is 0 Å². The Kier molecular flexibility index (Phi) is 7.08. The van der Waals surface area contributed by atoms with E-state index in [0.29, 0.717) is 0 Å². The van der Waals surface area contributed by atoms with Crippen LogP contribution in [0.1, 0.15) is 27.1 Å². The topological polar surface area (TPSA) is 139 Å². The molecule has 2 rings (SSSR count). The molecule has 0 spiro atoms. The molecule has 3 amide bonds. The van der Waals surface area contributed by atoms with Gasteiger partial charge in [0.25, 0.3) is 11.8 Å². The van der Waals surface area contributed by atoms with E-state index in [-0.39, 0.29) is 34.7 Å². The van der Waals surface area contributed by atoms with E-state index in [4.69, 9.17) is 5.73 Å². The summed E-state index contributed by atoms with van der Waals surface area (Å²) < 4.78 is 25.3. The molecular weight excluding hydrogens is 396 g/mol. The Bertz CT molecular complexity index is 1020. The number of anilines is 1. The number of carbonyl (C=O) groups excluding carboxylic acids is 3. The summed E-state index contributed by atoms with van der Waals surface area (Å²) in [5.74, 6) is -1.50. The third-order valence-electron chi connectivity index (χ3n) is 3.97. The van der Waals surface area contributed by atoms with E-state index in [1.807, 2.05) is 0 Å². The number of primary amides is 1. The van der Waals surface area contributed by atoms with Crippen molar-refractivity contribution in [1.29, 1.82) is 0 Å². The minimum atomic E-state index is -3.60. The summed E-state index contributed by atoms with van der Waals surface area (Å²) in [5.41, 5.74) is 5.77.